The van der Waals surface area contributed by atoms with Crippen LogP contribution >= 0.6 is 0 Å². The van der Waals surface area contributed by atoms with E-state index in [1.54, 1.807) is 0 Å². The number of hydrogen-bond donors (Lipinski definition) is 3. The summed E-state index contributed by atoms with van der Waals surface area (Å²) in [6.45, 7) is 14.8. The summed E-state index contributed by atoms with van der Waals surface area (Å²) < 4.78 is 1.38. The second-order valence-electron chi connectivity index (χ2n) is 4.81. The van der Waals surface area contributed by atoms with E-state index in [4.69, 9.17) is 19.2 Å². The first kappa shape index (κ1) is 20.3. The topological polar surface area (TPSA) is 83.8 Å². The van der Waals surface area contributed by atoms with Gasteiger partial charge in [0, 0.05) is 0 Å². The van der Waals surface area contributed by atoms with Crippen LogP contribution in [0.2, 0.25) is 0 Å². The smallest absolute Gasteiger partial charge is 0.404 e. The van der Waals surface area contributed by atoms with Crippen LogP contribution < -0.4 is 4.80 Å². The Morgan fingerprint density at radius 1 is 0.722 bits per heavy atom. The molecule has 0 fully saturated rings. The summed E-state index contributed by atoms with van der Waals surface area (Å²) in [6, 6.07) is 0. The zero-order chi connectivity index (χ0) is 14.7. The SMILES string of the molecule is CCC[N+](CCC)(CCC)CCC.[O-][Si](O)(O)O. The van der Waals surface area contributed by atoms with Gasteiger partial charge in [-0.15, -0.1) is 0 Å². The Bertz CT molecular complexity index is 150. The van der Waals surface area contributed by atoms with Gasteiger partial charge in [-0.3, -0.25) is 0 Å². The second kappa shape index (κ2) is 10.9. The van der Waals surface area contributed by atoms with Crippen LogP contribution in [0.25, 0.3) is 0 Å². The Kier molecular flexibility index (Phi) is 12.3. The molecule has 0 aromatic heterocycles. The zero-order valence-electron chi connectivity index (χ0n) is 12.4. The van der Waals surface area contributed by atoms with Gasteiger partial charge in [-0.05, 0) is 25.7 Å². The van der Waals surface area contributed by atoms with Crippen LogP contribution in [-0.4, -0.2) is 54.1 Å². The first-order valence-electron chi connectivity index (χ1n) is 6.97. The van der Waals surface area contributed by atoms with Gasteiger partial charge in [0.1, 0.15) is 0 Å². The molecule has 0 spiro atoms. The van der Waals surface area contributed by atoms with Gasteiger partial charge in [-0.1, -0.05) is 27.7 Å². The molecule has 0 radical (unpaired) electrons. The maximum Gasteiger partial charge on any atom is 0.404 e. The molecule has 0 rings (SSSR count). The Morgan fingerprint density at radius 3 is 1.00 bits per heavy atom. The zero-order valence-corrected chi connectivity index (χ0v) is 13.4. The average molecular weight is 281 g/mol. The summed E-state index contributed by atoms with van der Waals surface area (Å²) >= 11 is 0. The molecule has 6 heteroatoms. The van der Waals surface area contributed by atoms with Gasteiger partial charge in [0.25, 0.3) is 0 Å². The van der Waals surface area contributed by atoms with Crippen LogP contribution in [-0.2, 0) is 0 Å². The molecular weight excluding hydrogens is 250 g/mol. The Morgan fingerprint density at radius 2 is 0.889 bits per heavy atom. The summed E-state index contributed by atoms with van der Waals surface area (Å²) in [5.41, 5.74) is 0. The lowest BCUT2D eigenvalue weighted by molar-refractivity contribution is -0.928. The third-order valence-corrected chi connectivity index (χ3v) is 2.79. The molecule has 0 aromatic rings. The van der Waals surface area contributed by atoms with Gasteiger partial charge in [0.05, 0.1) is 26.2 Å². The van der Waals surface area contributed by atoms with E-state index in [1.807, 2.05) is 0 Å². The summed E-state index contributed by atoms with van der Waals surface area (Å²) in [5.74, 6) is 0. The maximum atomic E-state index is 8.91. The fourth-order valence-corrected chi connectivity index (χ4v) is 2.57. The van der Waals surface area contributed by atoms with E-state index in [9.17, 15) is 0 Å². The van der Waals surface area contributed by atoms with Crippen LogP contribution in [0, 0.1) is 0 Å². The minimum absolute atomic E-state index is 1.33. The fraction of sp³-hybridized carbons (Fsp3) is 1.00. The summed E-state index contributed by atoms with van der Waals surface area (Å²) in [7, 11) is -4.86. The number of quaternary nitrogens is 1. The van der Waals surface area contributed by atoms with E-state index in [0.29, 0.717) is 0 Å². The quantitative estimate of drug-likeness (QED) is 0.438. The van der Waals surface area contributed by atoms with Crippen molar-refractivity contribution in [3.05, 3.63) is 0 Å². The van der Waals surface area contributed by atoms with E-state index in [0.717, 1.165) is 0 Å². The molecule has 0 saturated carbocycles. The van der Waals surface area contributed by atoms with Gasteiger partial charge in [0.15, 0.2) is 0 Å². The lowest BCUT2D eigenvalue weighted by Crippen LogP contribution is -2.50. The summed E-state index contributed by atoms with van der Waals surface area (Å²) in [6.07, 6.45) is 5.33. The third kappa shape index (κ3) is 14.1. The van der Waals surface area contributed by atoms with Gasteiger partial charge < -0.3 is 23.7 Å². The highest BCUT2D eigenvalue weighted by atomic mass is 28.4. The number of nitrogens with zero attached hydrogens (tertiary/aromatic N) is 1. The minimum atomic E-state index is -4.86. The van der Waals surface area contributed by atoms with Crippen molar-refractivity contribution in [1.82, 2.24) is 0 Å². The first-order chi connectivity index (χ1) is 8.24. The highest BCUT2D eigenvalue weighted by Gasteiger charge is 2.22. The molecule has 112 valence electrons. The molecule has 0 atom stereocenters. The van der Waals surface area contributed by atoms with Crippen LogP contribution in [0.1, 0.15) is 53.4 Å². The Balaban J connectivity index is 0. The van der Waals surface area contributed by atoms with Crippen LogP contribution in [0.5, 0.6) is 0 Å². The molecular formula is C12H31NO4Si. The van der Waals surface area contributed by atoms with Crippen molar-refractivity contribution < 1.29 is 23.7 Å². The first-order valence-corrected chi connectivity index (χ1v) is 8.72. The predicted molar refractivity (Wildman–Crippen MR) is 73.3 cm³/mol. The maximum absolute atomic E-state index is 8.91. The van der Waals surface area contributed by atoms with Crippen molar-refractivity contribution in [3.63, 3.8) is 0 Å². The third-order valence-electron chi connectivity index (χ3n) is 2.79. The van der Waals surface area contributed by atoms with E-state index < -0.39 is 9.05 Å². The fourth-order valence-electron chi connectivity index (χ4n) is 2.57. The Hall–Kier alpha value is 0.0169. The minimum Gasteiger partial charge on any atom is -0.794 e. The lowest BCUT2D eigenvalue weighted by Gasteiger charge is -2.38. The van der Waals surface area contributed by atoms with Crippen molar-refractivity contribution in [2.24, 2.45) is 0 Å². The summed E-state index contributed by atoms with van der Waals surface area (Å²) in [4.78, 5) is 30.6. The lowest BCUT2D eigenvalue weighted by atomic mass is 10.2. The molecule has 3 N–H and O–H groups in total. The molecule has 18 heavy (non-hydrogen) atoms. The molecule has 0 bridgehead atoms. The standard InChI is InChI=1S/C12H28N.H3O4Si/c1-5-9-13(10-6-2,11-7-3)12-8-4;1-5(2,3)4/h5-12H2,1-4H3;1-3H/q+1;-1. The normalized spacial score (nSPS) is 12.0. The van der Waals surface area contributed by atoms with Crippen LogP contribution in [0.4, 0.5) is 0 Å². The average Bonchev–Trinajstić information content (AvgIpc) is 2.16. The van der Waals surface area contributed by atoms with E-state index >= 15 is 0 Å². The van der Waals surface area contributed by atoms with E-state index in [2.05, 4.69) is 27.7 Å². The van der Waals surface area contributed by atoms with Crippen molar-refractivity contribution in [1.29, 1.82) is 0 Å². The van der Waals surface area contributed by atoms with Crippen molar-refractivity contribution >= 4 is 9.05 Å². The van der Waals surface area contributed by atoms with Crippen molar-refractivity contribution in [2.45, 2.75) is 53.4 Å². The van der Waals surface area contributed by atoms with Crippen molar-refractivity contribution in [2.75, 3.05) is 26.2 Å². The van der Waals surface area contributed by atoms with Gasteiger partial charge in [-0.25, -0.2) is 0 Å². The monoisotopic (exact) mass is 281 g/mol. The van der Waals surface area contributed by atoms with Gasteiger partial charge in [0.2, 0.25) is 0 Å². The predicted octanol–water partition coefficient (Wildman–Crippen LogP) is 0.202. The molecule has 0 unspecified atom stereocenters. The molecule has 0 aliphatic rings. The second-order valence-corrected chi connectivity index (χ2v) is 5.96. The van der Waals surface area contributed by atoms with E-state index in [-0.39, 0.29) is 0 Å². The number of hydrogen-bond acceptors (Lipinski definition) is 4. The highest BCUT2D eigenvalue weighted by Crippen LogP contribution is 2.12. The van der Waals surface area contributed by atoms with Crippen molar-refractivity contribution in [3.8, 4) is 0 Å². The molecule has 5 nitrogen and oxygen atoms in total. The molecule has 0 heterocycles. The van der Waals surface area contributed by atoms with E-state index in [1.165, 1.54) is 56.3 Å². The summed E-state index contributed by atoms with van der Waals surface area (Å²) in [5, 5.41) is 0. The van der Waals surface area contributed by atoms with Gasteiger partial charge in [-0.2, -0.15) is 0 Å². The van der Waals surface area contributed by atoms with Gasteiger partial charge >= 0.3 is 9.05 Å². The molecule has 0 amide bonds. The molecule has 0 aliphatic heterocycles. The Labute approximate surface area is 113 Å². The molecule has 0 aliphatic carbocycles. The number of rotatable bonds is 8. The van der Waals surface area contributed by atoms with Crippen LogP contribution in [0.15, 0.2) is 0 Å². The molecule has 0 aromatic carbocycles. The molecule has 0 saturated heterocycles. The largest absolute Gasteiger partial charge is 0.794 e. The highest BCUT2D eigenvalue weighted by molar-refractivity contribution is 6.44. The van der Waals surface area contributed by atoms with Crippen LogP contribution in [0.3, 0.4) is 0 Å².